The van der Waals surface area contributed by atoms with Crippen molar-refractivity contribution in [2.24, 2.45) is 5.73 Å². The first-order chi connectivity index (χ1) is 6.81. The fraction of sp³-hybridized carbons (Fsp3) is 0.300. The largest absolute Gasteiger partial charge is 0.323 e. The highest BCUT2D eigenvalue weighted by molar-refractivity contribution is 7.20. The number of thiophene rings is 1. The lowest BCUT2D eigenvalue weighted by Gasteiger charge is -2.02. The highest BCUT2D eigenvalue weighted by Gasteiger charge is 2.09. The van der Waals surface area contributed by atoms with E-state index in [4.69, 9.17) is 5.73 Å². The maximum Gasteiger partial charge on any atom is 0.133 e. The molecule has 2 aromatic heterocycles. The number of nitrogens with two attached hydrogens (primary N) is 1. The van der Waals surface area contributed by atoms with Crippen LogP contribution >= 0.6 is 22.7 Å². The molecule has 0 aromatic carbocycles. The lowest BCUT2D eigenvalue weighted by Crippen LogP contribution is -2.08. The first-order valence-electron chi connectivity index (χ1n) is 4.56. The lowest BCUT2D eigenvalue weighted by molar-refractivity contribution is 0.681. The molecule has 0 amide bonds. The van der Waals surface area contributed by atoms with Crippen LogP contribution in [0.25, 0.3) is 9.88 Å². The van der Waals surface area contributed by atoms with Gasteiger partial charge in [0, 0.05) is 11.4 Å². The molecular formula is C10H12N2S2. The van der Waals surface area contributed by atoms with Crippen LogP contribution in [-0.2, 0) is 0 Å². The van der Waals surface area contributed by atoms with Gasteiger partial charge in [0.2, 0.25) is 0 Å². The first-order valence-corrected chi connectivity index (χ1v) is 6.32. The van der Waals surface area contributed by atoms with E-state index in [0.29, 0.717) is 0 Å². The zero-order valence-electron chi connectivity index (χ0n) is 7.93. The molecule has 0 aliphatic carbocycles. The van der Waals surface area contributed by atoms with Crippen LogP contribution in [0, 0.1) is 0 Å². The monoisotopic (exact) mass is 224 g/mol. The van der Waals surface area contributed by atoms with E-state index in [1.807, 2.05) is 6.07 Å². The van der Waals surface area contributed by atoms with Gasteiger partial charge in [-0.05, 0) is 17.9 Å². The molecule has 1 atom stereocenters. The van der Waals surface area contributed by atoms with Crippen LogP contribution in [0.4, 0.5) is 0 Å². The van der Waals surface area contributed by atoms with Gasteiger partial charge >= 0.3 is 0 Å². The minimum Gasteiger partial charge on any atom is -0.323 e. The Balaban J connectivity index is 2.26. The van der Waals surface area contributed by atoms with Gasteiger partial charge in [-0.15, -0.1) is 22.7 Å². The maximum atomic E-state index is 5.91. The minimum atomic E-state index is 0.0833. The second-order valence-corrected chi connectivity index (χ2v) is 4.88. The second-order valence-electron chi connectivity index (χ2n) is 3.07. The van der Waals surface area contributed by atoms with E-state index in [0.717, 1.165) is 17.1 Å². The summed E-state index contributed by atoms with van der Waals surface area (Å²) in [5.74, 6) is 0. The van der Waals surface area contributed by atoms with E-state index >= 15 is 0 Å². The van der Waals surface area contributed by atoms with Gasteiger partial charge < -0.3 is 5.73 Å². The molecule has 0 fully saturated rings. The van der Waals surface area contributed by atoms with Crippen molar-refractivity contribution in [2.45, 2.75) is 19.4 Å². The third-order valence-corrected chi connectivity index (χ3v) is 3.97. The van der Waals surface area contributed by atoms with Gasteiger partial charge in [0.05, 0.1) is 10.6 Å². The van der Waals surface area contributed by atoms with Crippen LogP contribution in [0.1, 0.15) is 25.1 Å². The Hall–Kier alpha value is -0.710. The van der Waals surface area contributed by atoms with Gasteiger partial charge in [0.15, 0.2) is 0 Å². The molecule has 0 aliphatic heterocycles. The molecule has 2 heterocycles. The number of aromatic nitrogens is 1. The minimum absolute atomic E-state index is 0.0833. The third-order valence-electron chi connectivity index (χ3n) is 2.07. The summed E-state index contributed by atoms with van der Waals surface area (Å²) in [6.07, 6.45) is 0.938. The molecule has 4 heteroatoms. The second kappa shape index (κ2) is 4.21. The van der Waals surface area contributed by atoms with E-state index in [-0.39, 0.29) is 6.04 Å². The number of hydrogen-bond donors (Lipinski definition) is 1. The summed E-state index contributed by atoms with van der Waals surface area (Å²) in [6, 6.07) is 4.21. The predicted molar refractivity (Wildman–Crippen MR) is 62.6 cm³/mol. The molecule has 74 valence electrons. The summed E-state index contributed by atoms with van der Waals surface area (Å²) in [5.41, 5.74) is 6.92. The summed E-state index contributed by atoms with van der Waals surface area (Å²) in [5, 5.41) is 5.21. The Morgan fingerprint density at radius 1 is 1.50 bits per heavy atom. The number of nitrogens with zero attached hydrogens (tertiary/aromatic N) is 1. The highest BCUT2D eigenvalue weighted by Crippen LogP contribution is 2.29. The summed E-state index contributed by atoms with van der Waals surface area (Å²) in [6.45, 7) is 2.08. The Morgan fingerprint density at radius 3 is 3.00 bits per heavy atom. The van der Waals surface area contributed by atoms with Crippen LogP contribution in [0.3, 0.4) is 0 Å². The van der Waals surface area contributed by atoms with Crippen LogP contribution in [0.2, 0.25) is 0 Å². The van der Waals surface area contributed by atoms with Crippen LogP contribution in [-0.4, -0.2) is 4.98 Å². The van der Waals surface area contributed by atoms with E-state index in [9.17, 15) is 0 Å². The van der Waals surface area contributed by atoms with Gasteiger partial charge in [-0.25, -0.2) is 4.98 Å². The van der Waals surface area contributed by atoms with Crippen molar-refractivity contribution in [2.75, 3.05) is 0 Å². The molecule has 1 unspecified atom stereocenters. The fourth-order valence-corrected chi connectivity index (χ4v) is 2.88. The molecule has 0 saturated heterocycles. The Labute approximate surface area is 91.4 Å². The Bertz CT molecular complexity index is 392. The Morgan fingerprint density at radius 2 is 2.36 bits per heavy atom. The standard InChI is InChI=1S/C10H12N2S2/c1-2-7(11)8-6-14-10(12-8)9-4-3-5-13-9/h3-7H,2,11H2,1H3. The lowest BCUT2D eigenvalue weighted by atomic mass is 10.2. The predicted octanol–water partition coefficient (Wildman–Crippen LogP) is 3.28. The van der Waals surface area contributed by atoms with E-state index in [2.05, 4.69) is 28.7 Å². The molecule has 2 N–H and O–H groups in total. The third kappa shape index (κ3) is 1.87. The number of hydrogen-bond acceptors (Lipinski definition) is 4. The van der Waals surface area contributed by atoms with Crippen molar-refractivity contribution in [3.05, 3.63) is 28.6 Å². The van der Waals surface area contributed by atoms with Gasteiger partial charge in [-0.1, -0.05) is 13.0 Å². The summed E-state index contributed by atoms with van der Waals surface area (Å²) in [7, 11) is 0. The number of thiazole rings is 1. The highest BCUT2D eigenvalue weighted by atomic mass is 32.1. The smallest absolute Gasteiger partial charge is 0.133 e. The fourth-order valence-electron chi connectivity index (χ4n) is 1.18. The zero-order chi connectivity index (χ0) is 9.97. The molecule has 0 saturated carbocycles. The van der Waals surface area contributed by atoms with E-state index < -0.39 is 0 Å². The molecular weight excluding hydrogens is 212 g/mol. The maximum absolute atomic E-state index is 5.91. The van der Waals surface area contributed by atoms with Gasteiger partial charge in [-0.3, -0.25) is 0 Å². The molecule has 0 aliphatic rings. The molecule has 0 bridgehead atoms. The van der Waals surface area contributed by atoms with Crippen LogP contribution < -0.4 is 5.73 Å². The molecule has 2 rings (SSSR count). The normalized spacial score (nSPS) is 13.0. The molecule has 0 radical (unpaired) electrons. The molecule has 0 spiro atoms. The van der Waals surface area contributed by atoms with Crippen molar-refractivity contribution in [1.29, 1.82) is 0 Å². The topological polar surface area (TPSA) is 38.9 Å². The summed E-state index contributed by atoms with van der Waals surface area (Å²) < 4.78 is 0. The Kier molecular flexibility index (Phi) is 2.96. The summed E-state index contributed by atoms with van der Waals surface area (Å²) >= 11 is 3.39. The number of rotatable bonds is 3. The van der Waals surface area contributed by atoms with Crippen LogP contribution in [0.5, 0.6) is 0 Å². The SMILES string of the molecule is CCC(N)c1csc(-c2cccs2)n1. The van der Waals surface area contributed by atoms with Crippen molar-refractivity contribution in [1.82, 2.24) is 4.98 Å². The average Bonchev–Trinajstić information content (AvgIpc) is 2.86. The molecule has 2 aromatic rings. The summed E-state index contributed by atoms with van der Waals surface area (Å²) in [4.78, 5) is 5.75. The van der Waals surface area contributed by atoms with Crippen LogP contribution in [0.15, 0.2) is 22.9 Å². The quantitative estimate of drug-likeness (QED) is 0.869. The van der Waals surface area contributed by atoms with Gasteiger partial charge in [0.25, 0.3) is 0 Å². The molecule has 14 heavy (non-hydrogen) atoms. The van der Waals surface area contributed by atoms with Crippen molar-refractivity contribution < 1.29 is 0 Å². The first kappa shape index (κ1) is 9.83. The average molecular weight is 224 g/mol. The zero-order valence-corrected chi connectivity index (χ0v) is 9.57. The van der Waals surface area contributed by atoms with Crippen molar-refractivity contribution >= 4 is 22.7 Å². The van der Waals surface area contributed by atoms with Crippen molar-refractivity contribution in [3.63, 3.8) is 0 Å². The van der Waals surface area contributed by atoms with E-state index in [1.54, 1.807) is 22.7 Å². The van der Waals surface area contributed by atoms with Gasteiger partial charge in [0.1, 0.15) is 5.01 Å². The van der Waals surface area contributed by atoms with Gasteiger partial charge in [-0.2, -0.15) is 0 Å². The van der Waals surface area contributed by atoms with Crippen molar-refractivity contribution in [3.8, 4) is 9.88 Å². The molecule has 2 nitrogen and oxygen atoms in total. The van der Waals surface area contributed by atoms with E-state index in [1.165, 1.54) is 4.88 Å².